The number of carbonyl (C=O) groups is 1. The van der Waals surface area contributed by atoms with Gasteiger partial charge in [-0.25, -0.2) is 0 Å². The second kappa shape index (κ2) is 5.69. The van der Waals surface area contributed by atoms with Crippen molar-refractivity contribution >= 4 is 17.3 Å². The summed E-state index contributed by atoms with van der Waals surface area (Å²) in [7, 11) is 1.58. The lowest BCUT2D eigenvalue weighted by Crippen LogP contribution is -2.15. The highest BCUT2D eigenvalue weighted by Gasteiger charge is 2.18. The van der Waals surface area contributed by atoms with Gasteiger partial charge in [-0.3, -0.25) is 4.79 Å². The minimum absolute atomic E-state index is 0.254. The number of hydrogen-bond donors (Lipinski definition) is 0. The lowest BCUT2D eigenvalue weighted by molar-refractivity contribution is -0.135. The highest BCUT2D eigenvalue weighted by Crippen LogP contribution is 2.24. The van der Waals surface area contributed by atoms with Crippen molar-refractivity contribution in [2.45, 2.75) is 12.8 Å². The molecule has 0 aliphatic heterocycles. The standard InChI is InChI=1S/C14H14O3S/c1-10(13-7-4-8-18-13)14(15)17-12-6-3-5-11(9-12)16-2/h3-10H,1-2H3/t10-/m1/s1. The SMILES string of the molecule is COc1cccc(OC(=O)[C@H](C)c2cccs2)c1. The van der Waals surface area contributed by atoms with E-state index in [1.54, 1.807) is 42.7 Å². The molecule has 0 spiro atoms. The summed E-state index contributed by atoms with van der Waals surface area (Å²) in [6.07, 6.45) is 0. The minimum atomic E-state index is -0.259. The molecule has 94 valence electrons. The molecule has 0 aliphatic rings. The lowest BCUT2D eigenvalue weighted by Gasteiger charge is -2.10. The molecule has 0 saturated carbocycles. The minimum Gasteiger partial charge on any atom is -0.497 e. The Hall–Kier alpha value is -1.81. The highest BCUT2D eigenvalue weighted by molar-refractivity contribution is 7.10. The Bertz CT molecular complexity index is 520. The number of hydrogen-bond acceptors (Lipinski definition) is 4. The van der Waals surface area contributed by atoms with Gasteiger partial charge in [0.25, 0.3) is 0 Å². The van der Waals surface area contributed by atoms with Gasteiger partial charge in [0.1, 0.15) is 11.5 Å². The van der Waals surface area contributed by atoms with Crippen LogP contribution in [-0.2, 0) is 4.79 Å². The fourth-order valence-electron chi connectivity index (χ4n) is 1.52. The van der Waals surface area contributed by atoms with Gasteiger partial charge in [0, 0.05) is 10.9 Å². The van der Waals surface area contributed by atoms with Crippen LogP contribution in [0.25, 0.3) is 0 Å². The first kappa shape index (κ1) is 12.6. The first-order chi connectivity index (χ1) is 8.70. The van der Waals surface area contributed by atoms with Crippen molar-refractivity contribution in [3.8, 4) is 11.5 Å². The van der Waals surface area contributed by atoms with E-state index in [2.05, 4.69) is 0 Å². The molecule has 2 rings (SSSR count). The van der Waals surface area contributed by atoms with Gasteiger partial charge in [-0.15, -0.1) is 11.3 Å². The molecule has 0 unspecified atom stereocenters. The smallest absolute Gasteiger partial charge is 0.319 e. The average molecular weight is 262 g/mol. The maximum atomic E-state index is 12.0. The van der Waals surface area contributed by atoms with Gasteiger partial charge in [-0.2, -0.15) is 0 Å². The molecule has 1 atom stereocenters. The van der Waals surface area contributed by atoms with E-state index in [-0.39, 0.29) is 11.9 Å². The van der Waals surface area contributed by atoms with Crippen LogP contribution < -0.4 is 9.47 Å². The van der Waals surface area contributed by atoms with Gasteiger partial charge < -0.3 is 9.47 Å². The number of methoxy groups -OCH3 is 1. The number of benzene rings is 1. The third-order valence-electron chi connectivity index (χ3n) is 2.58. The van der Waals surface area contributed by atoms with Crippen LogP contribution in [0.15, 0.2) is 41.8 Å². The molecule has 1 aromatic heterocycles. The number of carbonyl (C=O) groups excluding carboxylic acids is 1. The number of rotatable bonds is 4. The summed E-state index contributed by atoms with van der Waals surface area (Å²) in [4.78, 5) is 13.0. The first-order valence-corrected chi connectivity index (χ1v) is 6.48. The fraction of sp³-hybridized carbons (Fsp3) is 0.214. The lowest BCUT2D eigenvalue weighted by atomic mass is 10.1. The molecular weight excluding hydrogens is 248 g/mol. The summed E-state index contributed by atoms with van der Waals surface area (Å²) in [6.45, 7) is 1.84. The van der Waals surface area contributed by atoms with Gasteiger partial charge in [0.15, 0.2) is 0 Å². The number of ether oxygens (including phenoxy) is 2. The van der Waals surface area contributed by atoms with Crippen LogP contribution in [0.3, 0.4) is 0 Å². The van der Waals surface area contributed by atoms with Gasteiger partial charge in [-0.1, -0.05) is 12.1 Å². The van der Waals surface area contributed by atoms with E-state index in [9.17, 15) is 4.79 Å². The summed E-state index contributed by atoms with van der Waals surface area (Å²) in [6, 6.07) is 10.9. The summed E-state index contributed by atoms with van der Waals surface area (Å²) >= 11 is 1.55. The second-order valence-electron chi connectivity index (χ2n) is 3.84. The normalized spacial score (nSPS) is 11.9. The molecular formula is C14H14O3S. The van der Waals surface area contributed by atoms with Crippen LogP contribution in [0.5, 0.6) is 11.5 Å². The molecule has 18 heavy (non-hydrogen) atoms. The molecule has 0 N–H and O–H groups in total. The van der Waals surface area contributed by atoms with E-state index >= 15 is 0 Å². The Labute approximate surface area is 110 Å². The predicted molar refractivity (Wildman–Crippen MR) is 71.4 cm³/mol. The second-order valence-corrected chi connectivity index (χ2v) is 4.82. The molecule has 4 heteroatoms. The summed E-state index contributed by atoms with van der Waals surface area (Å²) < 4.78 is 10.4. The van der Waals surface area contributed by atoms with Gasteiger partial charge in [-0.05, 0) is 30.5 Å². The van der Waals surface area contributed by atoms with Crippen molar-refractivity contribution in [1.29, 1.82) is 0 Å². The maximum absolute atomic E-state index is 12.0. The van der Waals surface area contributed by atoms with Gasteiger partial charge in [0.2, 0.25) is 0 Å². The van der Waals surface area contributed by atoms with Crippen molar-refractivity contribution in [3.63, 3.8) is 0 Å². The molecule has 0 amide bonds. The highest BCUT2D eigenvalue weighted by atomic mass is 32.1. The summed E-state index contributed by atoms with van der Waals surface area (Å²) in [5, 5.41) is 1.95. The number of thiophene rings is 1. The van der Waals surface area contributed by atoms with E-state index in [0.717, 1.165) is 4.88 Å². The Kier molecular flexibility index (Phi) is 3.99. The third kappa shape index (κ3) is 2.90. The first-order valence-electron chi connectivity index (χ1n) is 5.60. The Balaban J connectivity index is 2.06. The monoisotopic (exact) mass is 262 g/mol. The maximum Gasteiger partial charge on any atom is 0.319 e. The zero-order valence-electron chi connectivity index (χ0n) is 10.3. The Morgan fingerprint density at radius 1 is 1.22 bits per heavy atom. The summed E-state index contributed by atoms with van der Waals surface area (Å²) in [5.41, 5.74) is 0. The molecule has 0 radical (unpaired) electrons. The topological polar surface area (TPSA) is 35.5 Å². The average Bonchev–Trinajstić information content (AvgIpc) is 2.92. The summed E-state index contributed by atoms with van der Waals surface area (Å²) in [5.74, 6) is 0.661. The van der Waals surface area contributed by atoms with E-state index in [0.29, 0.717) is 11.5 Å². The largest absolute Gasteiger partial charge is 0.497 e. The van der Waals surface area contributed by atoms with Gasteiger partial charge >= 0.3 is 5.97 Å². The van der Waals surface area contributed by atoms with Crippen molar-refractivity contribution in [1.82, 2.24) is 0 Å². The molecule has 1 aromatic carbocycles. The quantitative estimate of drug-likeness (QED) is 0.625. The Morgan fingerprint density at radius 2 is 2.00 bits per heavy atom. The molecule has 3 nitrogen and oxygen atoms in total. The van der Waals surface area contributed by atoms with Crippen LogP contribution in [-0.4, -0.2) is 13.1 Å². The van der Waals surface area contributed by atoms with Crippen LogP contribution in [0.1, 0.15) is 17.7 Å². The van der Waals surface area contributed by atoms with Crippen LogP contribution in [0.4, 0.5) is 0 Å². The van der Waals surface area contributed by atoms with Crippen molar-refractivity contribution < 1.29 is 14.3 Å². The van der Waals surface area contributed by atoms with Crippen LogP contribution in [0, 0.1) is 0 Å². The third-order valence-corrected chi connectivity index (χ3v) is 3.64. The van der Waals surface area contributed by atoms with Crippen LogP contribution in [0.2, 0.25) is 0 Å². The molecule has 2 aromatic rings. The van der Waals surface area contributed by atoms with Gasteiger partial charge in [0.05, 0.1) is 13.0 Å². The zero-order valence-corrected chi connectivity index (χ0v) is 11.1. The fourth-order valence-corrected chi connectivity index (χ4v) is 2.29. The van der Waals surface area contributed by atoms with E-state index in [4.69, 9.17) is 9.47 Å². The van der Waals surface area contributed by atoms with Crippen molar-refractivity contribution in [3.05, 3.63) is 46.7 Å². The van der Waals surface area contributed by atoms with Crippen LogP contribution >= 0.6 is 11.3 Å². The van der Waals surface area contributed by atoms with E-state index in [1.165, 1.54) is 0 Å². The van der Waals surface area contributed by atoms with Crippen molar-refractivity contribution in [2.75, 3.05) is 7.11 Å². The molecule has 0 bridgehead atoms. The molecule has 0 aliphatic carbocycles. The van der Waals surface area contributed by atoms with E-state index in [1.807, 2.05) is 24.4 Å². The van der Waals surface area contributed by atoms with E-state index < -0.39 is 0 Å². The van der Waals surface area contributed by atoms with Crippen molar-refractivity contribution in [2.24, 2.45) is 0 Å². The predicted octanol–water partition coefficient (Wildman–Crippen LogP) is 3.47. The Morgan fingerprint density at radius 3 is 2.67 bits per heavy atom. The number of esters is 1. The molecule has 0 saturated heterocycles. The molecule has 1 heterocycles. The zero-order chi connectivity index (χ0) is 13.0. The molecule has 0 fully saturated rings.